The fourth-order valence-electron chi connectivity index (χ4n) is 2.35. The smallest absolute Gasteiger partial charge is 0.201 e. The molecule has 21 heavy (non-hydrogen) atoms. The van der Waals surface area contributed by atoms with Crippen LogP contribution in [-0.4, -0.2) is 21.8 Å². The second-order valence-corrected chi connectivity index (χ2v) is 4.83. The Kier molecular flexibility index (Phi) is 3.04. The zero-order valence-electron chi connectivity index (χ0n) is 12.0. The van der Waals surface area contributed by atoms with Crippen LogP contribution in [0.15, 0.2) is 16.7 Å². The predicted molar refractivity (Wildman–Crippen MR) is 75.7 cm³/mol. The maximum absolute atomic E-state index is 13.7. The van der Waals surface area contributed by atoms with Gasteiger partial charge in [-0.3, -0.25) is 0 Å². The highest BCUT2D eigenvalue weighted by Gasteiger charge is 2.16. The van der Waals surface area contributed by atoms with Crippen molar-refractivity contribution in [1.29, 1.82) is 0 Å². The fourth-order valence-corrected chi connectivity index (χ4v) is 2.35. The van der Waals surface area contributed by atoms with Gasteiger partial charge in [-0.25, -0.2) is 9.37 Å². The summed E-state index contributed by atoms with van der Waals surface area (Å²) in [7, 11) is 1.42. The monoisotopic (exact) mass is 290 g/mol. The van der Waals surface area contributed by atoms with E-state index in [-0.39, 0.29) is 5.75 Å². The van der Waals surface area contributed by atoms with Crippen molar-refractivity contribution >= 4 is 17.0 Å². The summed E-state index contributed by atoms with van der Waals surface area (Å²) in [6.45, 7) is 4.16. The summed E-state index contributed by atoms with van der Waals surface area (Å²) in [5.74, 6) is 0.717. The molecule has 7 heteroatoms. The molecule has 0 aliphatic heterocycles. The number of halogens is 1. The zero-order chi connectivity index (χ0) is 15.1. The maximum atomic E-state index is 13.7. The number of nitrogens with zero attached hydrogens (tertiary/aromatic N) is 3. The molecule has 1 aromatic carbocycles. The highest BCUT2D eigenvalue weighted by Crippen LogP contribution is 2.27. The van der Waals surface area contributed by atoms with E-state index in [0.29, 0.717) is 23.5 Å². The molecule has 0 fully saturated rings. The number of benzene rings is 1. The van der Waals surface area contributed by atoms with Crippen molar-refractivity contribution in [3.8, 4) is 5.75 Å². The molecule has 6 nitrogen and oxygen atoms in total. The molecule has 3 aromatic rings. The molecule has 0 spiro atoms. The molecule has 2 heterocycles. The van der Waals surface area contributed by atoms with E-state index in [1.165, 1.54) is 13.2 Å². The first-order chi connectivity index (χ1) is 10.0. The minimum absolute atomic E-state index is 0.155. The molecule has 0 saturated heterocycles. The molecular formula is C14H15FN4O2. The average Bonchev–Trinajstić information content (AvgIpc) is 2.92. The average molecular weight is 290 g/mol. The summed E-state index contributed by atoms with van der Waals surface area (Å²) < 4.78 is 25.7. The summed E-state index contributed by atoms with van der Waals surface area (Å²) in [5.41, 5.74) is 8.86. The standard InChI is InChI=1S/C14H15FN4O2/c1-7-9(8(2)21-18-7)6-19-12-5-13(20-3)10(15)4-11(12)17-14(19)16/h4-5H,6H2,1-3H3,(H2,16,17). The second kappa shape index (κ2) is 4.76. The Morgan fingerprint density at radius 1 is 1.38 bits per heavy atom. The van der Waals surface area contributed by atoms with Gasteiger partial charge in [0.1, 0.15) is 5.76 Å². The van der Waals surface area contributed by atoms with Crippen molar-refractivity contribution in [2.45, 2.75) is 20.4 Å². The summed E-state index contributed by atoms with van der Waals surface area (Å²) in [5, 5.41) is 3.92. The molecule has 0 aliphatic rings. The number of fused-ring (bicyclic) bond motifs is 1. The Hall–Kier alpha value is -2.57. The molecule has 0 radical (unpaired) electrons. The van der Waals surface area contributed by atoms with Gasteiger partial charge in [0.15, 0.2) is 11.6 Å². The lowest BCUT2D eigenvalue weighted by Gasteiger charge is -2.07. The fraction of sp³-hybridized carbons (Fsp3) is 0.286. The van der Waals surface area contributed by atoms with Gasteiger partial charge in [-0.15, -0.1) is 0 Å². The third-order valence-corrected chi connectivity index (χ3v) is 3.55. The van der Waals surface area contributed by atoms with Gasteiger partial charge < -0.3 is 19.6 Å². The van der Waals surface area contributed by atoms with Gasteiger partial charge in [-0.05, 0) is 13.8 Å². The van der Waals surface area contributed by atoms with Gasteiger partial charge in [-0.2, -0.15) is 0 Å². The third kappa shape index (κ3) is 2.10. The van der Waals surface area contributed by atoms with Crippen LogP contribution >= 0.6 is 0 Å². The van der Waals surface area contributed by atoms with Crippen LogP contribution < -0.4 is 10.5 Å². The largest absolute Gasteiger partial charge is 0.494 e. The molecule has 110 valence electrons. The van der Waals surface area contributed by atoms with Crippen LogP contribution in [0.1, 0.15) is 17.0 Å². The lowest BCUT2D eigenvalue weighted by atomic mass is 10.2. The van der Waals surface area contributed by atoms with Crippen molar-refractivity contribution in [2.24, 2.45) is 0 Å². The van der Waals surface area contributed by atoms with Crippen LogP contribution in [0.4, 0.5) is 10.3 Å². The van der Waals surface area contributed by atoms with Crippen molar-refractivity contribution < 1.29 is 13.7 Å². The van der Waals surface area contributed by atoms with Crippen LogP contribution in [0.2, 0.25) is 0 Å². The molecule has 0 aliphatic carbocycles. The van der Waals surface area contributed by atoms with E-state index in [1.807, 2.05) is 13.8 Å². The van der Waals surface area contributed by atoms with Gasteiger partial charge in [0.25, 0.3) is 0 Å². The molecule has 0 unspecified atom stereocenters. The number of nitrogens with two attached hydrogens (primary N) is 1. The lowest BCUT2D eigenvalue weighted by Crippen LogP contribution is -2.06. The SMILES string of the molecule is COc1cc2c(cc1F)nc(N)n2Cc1c(C)noc1C. The van der Waals surface area contributed by atoms with Gasteiger partial charge in [0, 0.05) is 17.7 Å². The van der Waals surface area contributed by atoms with E-state index in [4.69, 9.17) is 15.0 Å². The third-order valence-electron chi connectivity index (χ3n) is 3.55. The normalized spacial score (nSPS) is 11.2. The Bertz CT molecular complexity index is 803. The number of nitrogen functional groups attached to an aromatic ring is 1. The Labute approximate surface area is 120 Å². The number of hydrogen-bond acceptors (Lipinski definition) is 5. The van der Waals surface area contributed by atoms with Crippen LogP contribution in [0.25, 0.3) is 11.0 Å². The summed E-state index contributed by atoms with van der Waals surface area (Å²) in [4.78, 5) is 4.18. The lowest BCUT2D eigenvalue weighted by molar-refractivity contribution is 0.387. The predicted octanol–water partition coefficient (Wildman–Crippen LogP) is 2.42. The van der Waals surface area contributed by atoms with E-state index in [9.17, 15) is 4.39 Å². The van der Waals surface area contributed by atoms with E-state index in [0.717, 1.165) is 17.0 Å². The van der Waals surface area contributed by atoms with Crippen LogP contribution in [-0.2, 0) is 6.54 Å². The number of aryl methyl sites for hydroxylation is 2. The zero-order valence-corrected chi connectivity index (χ0v) is 12.0. The van der Waals surface area contributed by atoms with E-state index in [2.05, 4.69) is 10.1 Å². The first-order valence-corrected chi connectivity index (χ1v) is 6.42. The van der Waals surface area contributed by atoms with Crippen molar-refractivity contribution in [2.75, 3.05) is 12.8 Å². The number of anilines is 1. The topological polar surface area (TPSA) is 79.1 Å². The molecule has 0 saturated carbocycles. The summed E-state index contributed by atoms with van der Waals surface area (Å²) >= 11 is 0. The maximum Gasteiger partial charge on any atom is 0.201 e. The number of aromatic nitrogens is 3. The highest BCUT2D eigenvalue weighted by molar-refractivity contribution is 5.80. The van der Waals surface area contributed by atoms with Crippen LogP contribution in [0, 0.1) is 19.7 Å². The van der Waals surface area contributed by atoms with Crippen molar-refractivity contribution in [3.05, 3.63) is 35.0 Å². The van der Waals surface area contributed by atoms with Gasteiger partial charge in [0.2, 0.25) is 5.95 Å². The van der Waals surface area contributed by atoms with E-state index in [1.54, 1.807) is 10.6 Å². The molecule has 0 atom stereocenters. The molecule has 2 N–H and O–H groups in total. The minimum atomic E-state index is -0.466. The molecule has 0 bridgehead atoms. The highest BCUT2D eigenvalue weighted by atomic mass is 19.1. The number of imidazole rings is 1. The number of methoxy groups -OCH3 is 1. The van der Waals surface area contributed by atoms with Gasteiger partial charge >= 0.3 is 0 Å². The van der Waals surface area contributed by atoms with Crippen molar-refractivity contribution in [1.82, 2.24) is 14.7 Å². The Morgan fingerprint density at radius 2 is 2.14 bits per heavy atom. The number of hydrogen-bond donors (Lipinski definition) is 1. The van der Waals surface area contributed by atoms with Gasteiger partial charge in [0.05, 0.1) is 30.4 Å². The number of rotatable bonds is 3. The Balaban J connectivity index is 2.16. The second-order valence-electron chi connectivity index (χ2n) is 4.83. The first kappa shape index (κ1) is 13.4. The van der Waals surface area contributed by atoms with Crippen LogP contribution in [0.3, 0.4) is 0 Å². The van der Waals surface area contributed by atoms with Crippen LogP contribution in [0.5, 0.6) is 5.75 Å². The molecular weight excluding hydrogens is 275 g/mol. The minimum Gasteiger partial charge on any atom is -0.494 e. The summed E-state index contributed by atoms with van der Waals surface area (Å²) in [6.07, 6.45) is 0. The van der Waals surface area contributed by atoms with E-state index >= 15 is 0 Å². The van der Waals surface area contributed by atoms with E-state index < -0.39 is 5.82 Å². The molecule has 0 amide bonds. The number of ether oxygens (including phenoxy) is 1. The quantitative estimate of drug-likeness (QED) is 0.801. The van der Waals surface area contributed by atoms with Crippen molar-refractivity contribution in [3.63, 3.8) is 0 Å². The summed E-state index contributed by atoms with van der Waals surface area (Å²) in [6, 6.07) is 2.90. The van der Waals surface area contributed by atoms with Gasteiger partial charge in [-0.1, -0.05) is 5.16 Å². The molecule has 3 rings (SSSR count). The molecule has 2 aromatic heterocycles. The Morgan fingerprint density at radius 3 is 2.76 bits per heavy atom. The first-order valence-electron chi connectivity index (χ1n) is 6.42.